The minimum atomic E-state index is 0.0923. The third-order valence-electron chi connectivity index (χ3n) is 3.12. The van der Waals surface area contributed by atoms with Crippen LogP contribution in [0.5, 0.6) is 0 Å². The van der Waals surface area contributed by atoms with Crippen LogP contribution < -0.4 is 5.32 Å². The molecule has 3 nitrogen and oxygen atoms in total. The second-order valence-electron chi connectivity index (χ2n) is 4.32. The predicted molar refractivity (Wildman–Crippen MR) is 50.6 cm³/mol. The minimum absolute atomic E-state index is 0.0923. The lowest BCUT2D eigenvalue weighted by atomic mass is 10.1. The Morgan fingerprint density at radius 1 is 1.31 bits per heavy atom. The van der Waals surface area contributed by atoms with E-state index in [0.29, 0.717) is 12.6 Å². The number of hydrogen-bond acceptors (Lipinski definition) is 3. The van der Waals surface area contributed by atoms with Gasteiger partial charge in [0.25, 0.3) is 0 Å². The van der Waals surface area contributed by atoms with Crippen molar-refractivity contribution in [1.82, 2.24) is 5.32 Å². The maximum absolute atomic E-state index is 9.16. The van der Waals surface area contributed by atoms with Crippen molar-refractivity contribution in [1.29, 1.82) is 0 Å². The minimum Gasteiger partial charge on any atom is -0.394 e. The van der Waals surface area contributed by atoms with E-state index in [1.807, 2.05) is 0 Å². The molecule has 0 aromatic rings. The van der Waals surface area contributed by atoms with E-state index in [1.54, 1.807) is 0 Å². The van der Waals surface area contributed by atoms with Crippen LogP contribution in [0.15, 0.2) is 0 Å². The van der Waals surface area contributed by atoms with Gasteiger partial charge in [-0.3, -0.25) is 0 Å². The summed E-state index contributed by atoms with van der Waals surface area (Å²) in [7, 11) is 0. The van der Waals surface area contributed by atoms with Crippen LogP contribution in [0, 0.1) is 0 Å². The normalized spacial score (nSPS) is 32.5. The zero-order valence-corrected chi connectivity index (χ0v) is 8.09. The molecule has 0 spiro atoms. The molecule has 0 bridgehead atoms. The zero-order chi connectivity index (χ0) is 9.15. The highest BCUT2D eigenvalue weighted by Crippen LogP contribution is 2.35. The second-order valence-corrected chi connectivity index (χ2v) is 4.32. The Balaban J connectivity index is 1.79. The first-order valence-electron chi connectivity index (χ1n) is 5.31. The van der Waals surface area contributed by atoms with Crippen LogP contribution in [0.25, 0.3) is 0 Å². The monoisotopic (exact) mass is 185 g/mol. The number of aliphatic hydroxyl groups excluding tert-OH is 1. The van der Waals surface area contributed by atoms with Crippen LogP contribution in [0.3, 0.4) is 0 Å². The fourth-order valence-corrected chi connectivity index (χ4v) is 1.98. The molecule has 76 valence electrons. The molecule has 0 radical (unpaired) electrons. The summed E-state index contributed by atoms with van der Waals surface area (Å²) in [6, 6.07) is 0.567. The third-order valence-corrected chi connectivity index (χ3v) is 3.12. The van der Waals surface area contributed by atoms with Crippen LogP contribution in [-0.2, 0) is 4.74 Å². The van der Waals surface area contributed by atoms with Gasteiger partial charge >= 0.3 is 0 Å². The highest BCUT2D eigenvalue weighted by molar-refractivity contribution is 5.03. The van der Waals surface area contributed by atoms with Crippen molar-refractivity contribution in [3.05, 3.63) is 0 Å². The van der Waals surface area contributed by atoms with Gasteiger partial charge in [-0.25, -0.2) is 0 Å². The molecule has 1 aliphatic carbocycles. The van der Waals surface area contributed by atoms with Gasteiger partial charge in [0, 0.05) is 24.8 Å². The smallest absolute Gasteiger partial charge is 0.0613 e. The third kappa shape index (κ3) is 2.42. The molecule has 0 aromatic heterocycles. The largest absolute Gasteiger partial charge is 0.394 e. The van der Waals surface area contributed by atoms with Gasteiger partial charge in [0.2, 0.25) is 0 Å². The van der Waals surface area contributed by atoms with E-state index >= 15 is 0 Å². The van der Waals surface area contributed by atoms with Gasteiger partial charge in [0.1, 0.15) is 0 Å². The Morgan fingerprint density at radius 2 is 2.15 bits per heavy atom. The van der Waals surface area contributed by atoms with Crippen molar-refractivity contribution < 1.29 is 9.84 Å². The Hall–Kier alpha value is -0.120. The van der Waals surface area contributed by atoms with Crippen molar-refractivity contribution in [2.75, 3.05) is 19.8 Å². The topological polar surface area (TPSA) is 41.5 Å². The molecular formula is C10H19NO2. The van der Waals surface area contributed by atoms with E-state index in [4.69, 9.17) is 9.84 Å². The molecule has 1 saturated carbocycles. The van der Waals surface area contributed by atoms with Crippen molar-refractivity contribution in [3.63, 3.8) is 0 Å². The Bertz CT molecular complexity index is 160. The molecule has 2 N–H and O–H groups in total. The van der Waals surface area contributed by atoms with Gasteiger partial charge in [-0.2, -0.15) is 0 Å². The summed E-state index contributed by atoms with van der Waals surface area (Å²) in [5.74, 6) is 0. The highest BCUT2D eigenvalue weighted by Gasteiger charge is 2.43. The molecule has 2 aliphatic rings. The predicted octanol–water partition coefficient (Wildman–Crippen LogP) is 0.670. The van der Waals surface area contributed by atoms with E-state index in [0.717, 1.165) is 38.9 Å². The summed E-state index contributed by atoms with van der Waals surface area (Å²) in [4.78, 5) is 0. The van der Waals surface area contributed by atoms with Crippen LogP contribution in [0.4, 0.5) is 0 Å². The molecule has 1 heterocycles. The number of hydrogen-bond donors (Lipinski definition) is 2. The lowest BCUT2D eigenvalue weighted by Gasteiger charge is -2.22. The molecule has 2 fully saturated rings. The number of rotatable bonds is 3. The SMILES string of the molecule is OCC1(NC2CCCOCC2)CC1. The Kier molecular flexibility index (Phi) is 2.86. The van der Waals surface area contributed by atoms with Crippen molar-refractivity contribution in [3.8, 4) is 0 Å². The number of aliphatic hydroxyl groups is 1. The summed E-state index contributed by atoms with van der Waals surface area (Å²) < 4.78 is 5.39. The molecule has 0 amide bonds. The summed E-state index contributed by atoms with van der Waals surface area (Å²) in [6.07, 6.45) is 5.73. The van der Waals surface area contributed by atoms with E-state index in [9.17, 15) is 0 Å². The molecule has 1 atom stereocenters. The number of nitrogens with one attached hydrogen (secondary N) is 1. The second kappa shape index (κ2) is 3.95. The molecule has 3 heteroatoms. The van der Waals surface area contributed by atoms with E-state index in [1.165, 1.54) is 6.42 Å². The maximum atomic E-state index is 9.16. The van der Waals surface area contributed by atoms with Crippen molar-refractivity contribution >= 4 is 0 Å². The van der Waals surface area contributed by atoms with Crippen LogP contribution in [0.1, 0.15) is 32.1 Å². The van der Waals surface area contributed by atoms with Gasteiger partial charge < -0.3 is 15.2 Å². The maximum Gasteiger partial charge on any atom is 0.0613 e. The van der Waals surface area contributed by atoms with Gasteiger partial charge in [0.15, 0.2) is 0 Å². The molecule has 1 unspecified atom stereocenters. The fraction of sp³-hybridized carbons (Fsp3) is 1.00. The summed E-state index contributed by atoms with van der Waals surface area (Å²) >= 11 is 0. The van der Waals surface area contributed by atoms with Gasteiger partial charge in [-0.05, 0) is 32.1 Å². The van der Waals surface area contributed by atoms with E-state index < -0.39 is 0 Å². The highest BCUT2D eigenvalue weighted by atomic mass is 16.5. The first kappa shape index (κ1) is 9.44. The summed E-state index contributed by atoms with van der Waals surface area (Å²) in [6.45, 7) is 2.08. The molecule has 2 rings (SSSR count). The van der Waals surface area contributed by atoms with Crippen molar-refractivity contribution in [2.45, 2.75) is 43.7 Å². The van der Waals surface area contributed by atoms with E-state index in [2.05, 4.69) is 5.32 Å². The fourth-order valence-electron chi connectivity index (χ4n) is 1.98. The Labute approximate surface area is 79.5 Å². The molecule has 1 aliphatic heterocycles. The molecule has 0 aromatic carbocycles. The zero-order valence-electron chi connectivity index (χ0n) is 8.09. The average Bonchev–Trinajstić information content (AvgIpc) is 2.92. The lowest BCUT2D eigenvalue weighted by molar-refractivity contribution is 0.141. The van der Waals surface area contributed by atoms with Gasteiger partial charge in [0.05, 0.1) is 6.61 Å². The van der Waals surface area contributed by atoms with Crippen LogP contribution >= 0.6 is 0 Å². The summed E-state index contributed by atoms with van der Waals surface area (Å²) in [5, 5.41) is 12.7. The van der Waals surface area contributed by atoms with E-state index in [-0.39, 0.29) is 5.54 Å². The Morgan fingerprint density at radius 3 is 2.85 bits per heavy atom. The quantitative estimate of drug-likeness (QED) is 0.679. The summed E-state index contributed by atoms with van der Waals surface area (Å²) in [5.41, 5.74) is 0.0923. The number of ether oxygens (including phenoxy) is 1. The molecule has 1 saturated heterocycles. The lowest BCUT2D eigenvalue weighted by Crippen LogP contribution is -2.42. The molecule has 13 heavy (non-hydrogen) atoms. The average molecular weight is 185 g/mol. The van der Waals surface area contributed by atoms with Crippen LogP contribution in [-0.4, -0.2) is 36.5 Å². The van der Waals surface area contributed by atoms with Crippen LogP contribution in [0.2, 0.25) is 0 Å². The van der Waals surface area contributed by atoms with Gasteiger partial charge in [-0.15, -0.1) is 0 Å². The standard InChI is InChI=1S/C10H19NO2/c12-8-10(4-5-10)11-9-2-1-6-13-7-3-9/h9,11-12H,1-8H2. The first-order valence-corrected chi connectivity index (χ1v) is 5.31. The molecular weight excluding hydrogens is 166 g/mol. The van der Waals surface area contributed by atoms with Crippen molar-refractivity contribution in [2.24, 2.45) is 0 Å². The first-order chi connectivity index (χ1) is 6.35. The van der Waals surface area contributed by atoms with Gasteiger partial charge in [-0.1, -0.05) is 0 Å².